The molecule has 0 N–H and O–H groups in total. The molecule has 2 heterocycles. The molecule has 0 aliphatic rings. The van der Waals surface area contributed by atoms with Crippen LogP contribution in [0.25, 0.3) is 98.2 Å². The predicted molar refractivity (Wildman–Crippen MR) is 225 cm³/mol. The molecule has 0 radical (unpaired) electrons. The van der Waals surface area contributed by atoms with Crippen molar-refractivity contribution >= 4 is 42.3 Å². The van der Waals surface area contributed by atoms with Crippen LogP contribution in [0.2, 0.25) is 0 Å². The Morgan fingerprint density at radius 1 is 0.321 bits per heavy atom. The number of fused-ring (bicyclic) bond motifs is 4. The van der Waals surface area contributed by atoms with Crippen molar-refractivity contribution in [2.75, 3.05) is 0 Å². The predicted octanol–water partition coefficient (Wildman–Crippen LogP) is 14.0. The molecule has 0 amide bonds. The fourth-order valence-corrected chi connectivity index (χ4v) is 8.71. The van der Waals surface area contributed by atoms with Crippen molar-refractivity contribution in [3.63, 3.8) is 0 Å². The quantitative estimate of drug-likeness (QED) is 0.173. The van der Waals surface area contributed by atoms with Gasteiger partial charge in [-0.05, 0) is 80.6 Å². The summed E-state index contributed by atoms with van der Waals surface area (Å²) in [7, 11) is 0. The Hall–Kier alpha value is -6.68. The molecule has 8 aromatic carbocycles. The van der Waals surface area contributed by atoms with Gasteiger partial charge in [0.05, 0.1) is 11.4 Å². The van der Waals surface area contributed by atoms with E-state index in [-0.39, 0.29) is 0 Å². The molecular weight excluding hydrogens is 661 g/mol. The lowest BCUT2D eigenvalue weighted by molar-refractivity contribution is 1.19. The highest BCUT2D eigenvalue weighted by Gasteiger charge is 2.17. The molecule has 0 saturated heterocycles. The van der Waals surface area contributed by atoms with E-state index in [2.05, 4.69) is 188 Å². The zero-order valence-electron chi connectivity index (χ0n) is 28.8. The Morgan fingerprint density at radius 2 is 0.849 bits per heavy atom. The van der Waals surface area contributed by atoms with Crippen LogP contribution in [-0.2, 0) is 0 Å². The van der Waals surface area contributed by atoms with Crippen molar-refractivity contribution in [3.05, 3.63) is 194 Å². The molecule has 53 heavy (non-hydrogen) atoms. The second-order valence-electron chi connectivity index (χ2n) is 13.4. The van der Waals surface area contributed by atoms with Crippen molar-refractivity contribution in [2.24, 2.45) is 0 Å². The Bertz CT molecular complexity index is 2940. The Morgan fingerprint density at radius 3 is 1.68 bits per heavy atom. The molecule has 0 atom stereocenters. The number of hydrogen-bond acceptors (Lipinski definition) is 3. The summed E-state index contributed by atoms with van der Waals surface area (Å²) in [6.07, 6.45) is 0. The second kappa shape index (κ2) is 13.1. The molecule has 0 unspecified atom stereocenters. The summed E-state index contributed by atoms with van der Waals surface area (Å²) < 4.78 is 2.59. The van der Waals surface area contributed by atoms with Gasteiger partial charge in [-0.25, -0.2) is 9.97 Å². The summed E-state index contributed by atoms with van der Waals surface area (Å²) in [6.45, 7) is 0. The fraction of sp³-hybridized carbons (Fsp3) is 0. The van der Waals surface area contributed by atoms with Gasteiger partial charge >= 0.3 is 0 Å². The van der Waals surface area contributed by atoms with Gasteiger partial charge in [0, 0.05) is 36.9 Å². The molecular formula is C50H32N2S. The maximum Gasteiger partial charge on any atom is 0.161 e. The first-order valence-corrected chi connectivity index (χ1v) is 18.7. The lowest BCUT2D eigenvalue weighted by Crippen LogP contribution is -1.97. The van der Waals surface area contributed by atoms with E-state index < -0.39 is 0 Å². The molecule has 0 aliphatic heterocycles. The molecule has 10 aromatic rings. The van der Waals surface area contributed by atoms with Gasteiger partial charge in [-0.3, -0.25) is 0 Å². The monoisotopic (exact) mass is 692 g/mol. The zero-order chi connectivity index (χ0) is 35.1. The van der Waals surface area contributed by atoms with Crippen molar-refractivity contribution in [2.45, 2.75) is 0 Å². The topological polar surface area (TPSA) is 25.8 Å². The summed E-state index contributed by atoms with van der Waals surface area (Å²) in [4.78, 5) is 10.6. The number of rotatable bonds is 6. The highest BCUT2D eigenvalue weighted by atomic mass is 32.1. The minimum atomic E-state index is 0.711. The van der Waals surface area contributed by atoms with Crippen LogP contribution in [0.3, 0.4) is 0 Å². The van der Waals surface area contributed by atoms with Crippen LogP contribution in [0.15, 0.2) is 194 Å². The van der Waals surface area contributed by atoms with E-state index in [1.165, 1.54) is 42.2 Å². The van der Waals surface area contributed by atoms with Gasteiger partial charge in [-0.1, -0.05) is 158 Å². The van der Waals surface area contributed by atoms with Gasteiger partial charge in [0.2, 0.25) is 0 Å². The zero-order valence-corrected chi connectivity index (χ0v) is 29.6. The van der Waals surface area contributed by atoms with E-state index in [0.29, 0.717) is 5.82 Å². The van der Waals surface area contributed by atoms with Crippen LogP contribution >= 0.6 is 11.3 Å². The molecule has 248 valence electrons. The van der Waals surface area contributed by atoms with E-state index in [4.69, 9.17) is 9.97 Å². The first-order chi connectivity index (χ1) is 26.2. The standard InChI is InChI=1S/C50H32N2S/c1-3-14-33(15-4-1)36-20-11-21-37(28-36)38-29-39(42-24-13-25-44-43-23-9-10-27-48(43)53-49(42)44)31-40(30-38)47-32-46(35-17-5-2-6-18-35)51-50(52-47)45-26-12-19-34-16-7-8-22-41(34)45/h1-32H. The molecule has 0 aliphatic carbocycles. The number of benzene rings is 8. The summed E-state index contributed by atoms with van der Waals surface area (Å²) in [5, 5.41) is 4.88. The Labute approximate surface area is 312 Å². The molecule has 0 bridgehead atoms. The molecule has 10 rings (SSSR count). The smallest absolute Gasteiger partial charge is 0.161 e. The SMILES string of the molecule is c1ccc(-c2cccc(-c3cc(-c4cc(-c5ccccc5)nc(-c5cccc6ccccc56)n4)cc(-c4cccc5c4sc4ccccc45)c3)c2)cc1. The van der Waals surface area contributed by atoms with E-state index in [1.807, 2.05) is 17.4 Å². The van der Waals surface area contributed by atoms with E-state index in [1.54, 1.807) is 0 Å². The van der Waals surface area contributed by atoms with Crippen LogP contribution in [0.4, 0.5) is 0 Å². The van der Waals surface area contributed by atoms with Crippen LogP contribution in [0.5, 0.6) is 0 Å². The largest absolute Gasteiger partial charge is 0.228 e. The van der Waals surface area contributed by atoms with Crippen LogP contribution in [0.1, 0.15) is 0 Å². The average molecular weight is 693 g/mol. The number of hydrogen-bond donors (Lipinski definition) is 0. The first kappa shape index (κ1) is 31.1. The van der Waals surface area contributed by atoms with E-state index in [0.717, 1.165) is 50.2 Å². The summed E-state index contributed by atoms with van der Waals surface area (Å²) in [6, 6.07) is 69.3. The number of thiophene rings is 1. The third kappa shape index (κ3) is 5.78. The maximum atomic E-state index is 5.37. The first-order valence-electron chi connectivity index (χ1n) is 17.9. The Kier molecular flexibility index (Phi) is 7.71. The van der Waals surface area contributed by atoms with Crippen molar-refractivity contribution in [3.8, 4) is 67.3 Å². The minimum Gasteiger partial charge on any atom is -0.228 e. The van der Waals surface area contributed by atoms with Crippen molar-refractivity contribution < 1.29 is 0 Å². The van der Waals surface area contributed by atoms with Gasteiger partial charge in [0.1, 0.15) is 0 Å². The number of nitrogens with zero attached hydrogens (tertiary/aromatic N) is 2. The Balaban J connectivity index is 1.23. The van der Waals surface area contributed by atoms with Crippen LogP contribution in [-0.4, -0.2) is 9.97 Å². The average Bonchev–Trinajstić information content (AvgIpc) is 3.63. The summed E-state index contributed by atoms with van der Waals surface area (Å²) in [5.74, 6) is 0.711. The summed E-state index contributed by atoms with van der Waals surface area (Å²) in [5.41, 5.74) is 12.0. The van der Waals surface area contributed by atoms with Gasteiger partial charge in [-0.15, -0.1) is 11.3 Å². The number of aromatic nitrogens is 2. The molecule has 3 heteroatoms. The van der Waals surface area contributed by atoms with E-state index in [9.17, 15) is 0 Å². The summed E-state index contributed by atoms with van der Waals surface area (Å²) >= 11 is 1.86. The van der Waals surface area contributed by atoms with Crippen molar-refractivity contribution in [1.82, 2.24) is 9.97 Å². The third-order valence-electron chi connectivity index (χ3n) is 10.1. The maximum absolute atomic E-state index is 5.37. The normalized spacial score (nSPS) is 11.4. The van der Waals surface area contributed by atoms with Gasteiger partial charge < -0.3 is 0 Å². The second-order valence-corrected chi connectivity index (χ2v) is 14.4. The van der Waals surface area contributed by atoms with E-state index >= 15 is 0 Å². The molecule has 0 spiro atoms. The highest BCUT2D eigenvalue weighted by molar-refractivity contribution is 7.26. The fourth-order valence-electron chi connectivity index (χ4n) is 7.47. The molecule has 0 saturated carbocycles. The van der Waals surface area contributed by atoms with Gasteiger partial charge in [0.25, 0.3) is 0 Å². The minimum absolute atomic E-state index is 0.711. The van der Waals surface area contributed by atoms with Crippen LogP contribution < -0.4 is 0 Å². The van der Waals surface area contributed by atoms with Crippen LogP contribution in [0, 0.1) is 0 Å². The lowest BCUT2D eigenvalue weighted by atomic mass is 9.92. The third-order valence-corrected chi connectivity index (χ3v) is 11.3. The van der Waals surface area contributed by atoms with Gasteiger partial charge in [-0.2, -0.15) is 0 Å². The molecule has 2 nitrogen and oxygen atoms in total. The highest BCUT2D eigenvalue weighted by Crippen LogP contribution is 2.42. The lowest BCUT2D eigenvalue weighted by Gasteiger charge is -2.15. The molecule has 0 fully saturated rings. The van der Waals surface area contributed by atoms with Gasteiger partial charge in [0.15, 0.2) is 5.82 Å². The molecule has 2 aromatic heterocycles. The van der Waals surface area contributed by atoms with Crippen molar-refractivity contribution in [1.29, 1.82) is 0 Å².